The number of halogens is 1. The first-order valence-electron chi connectivity index (χ1n) is 12.4. The molecule has 3 aromatic rings. The van der Waals surface area contributed by atoms with E-state index in [2.05, 4.69) is 11.4 Å². The van der Waals surface area contributed by atoms with Crippen LogP contribution in [0.5, 0.6) is 5.75 Å². The molecule has 0 bridgehead atoms. The average Bonchev–Trinajstić information content (AvgIpc) is 3.41. The van der Waals surface area contributed by atoms with Crippen LogP contribution in [0.15, 0.2) is 71.7 Å². The highest BCUT2D eigenvalue weighted by molar-refractivity contribution is 6.28. The molecule has 5 atom stereocenters. The molecule has 190 valence electrons. The zero-order valence-corrected chi connectivity index (χ0v) is 22.0. The maximum atomic E-state index is 13.7. The van der Waals surface area contributed by atoms with E-state index in [1.807, 2.05) is 81.4 Å². The lowest BCUT2D eigenvalue weighted by Crippen LogP contribution is -2.62. The van der Waals surface area contributed by atoms with Gasteiger partial charge in [-0.15, -0.1) is 11.6 Å². The normalized spacial score (nSPS) is 31.0. The predicted molar refractivity (Wildman–Crippen MR) is 142 cm³/mol. The minimum absolute atomic E-state index is 0.0399. The van der Waals surface area contributed by atoms with Gasteiger partial charge in [-0.25, -0.2) is 4.99 Å². The second-order valence-electron chi connectivity index (χ2n) is 10.3. The number of aliphatic imine (C=N–C) groups is 1. The van der Waals surface area contributed by atoms with Crippen molar-refractivity contribution in [2.45, 2.75) is 43.6 Å². The molecule has 2 heterocycles. The largest absolute Gasteiger partial charge is 0.478 e. The molecular weight excluding hydrogens is 488 g/mol. The van der Waals surface area contributed by atoms with Gasteiger partial charge in [0.05, 0.1) is 13.0 Å². The molecule has 37 heavy (non-hydrogen) atoms. The van der Waals surface area contributed by atoms with E-state index in [0.29, 0.717) is 11.6 Å². The summed E-state index contributed by atoms with van der Waals surface area (Å²) in [6.07, 6.45) is 0. The van der Waals surface area contributed by atoms with Crippen LogP contribution < -0.4 is 10.1 Å². The molecule has 6 nitrogen and oxygen atoms in total. The van der Waals surface area contributed by atoms with Crippen molar-refractivity contribution in [1.29, 1.82) is 0 Å². The Hall–Kier alpha value is -3.35. The minimum atomic E-state index is -1.87. The lowest BCUT2D eigenvalue weighted by atomic mass is 9.68. The number of carbonyl (C=O) groups excluding carboxylic acids is 1. The van der Waals surface area contributed by atoms with Crippen molar-refractivity contribution in [2.75, 3.05) is 13.0 Å². The number of benzene rings is 3. The number of hydrogen-bond acceptors (Lipinski definition) is 6. The molecule has 1 fully saturated rings. The number of amidine groups is 1. The van der Waals surface area contributed by atoms with Gasteiger partial charge in [0.2, 0.25) is 0 Å². The average molecular weight is 517 g/mol. The molecular formula is C30H29ClN2O4. The Bertz CT molecular complexity index is 1440. The second-order valence-corrected chi connectivity index (χ2v) is 10.6. The molecule has 1 saturated carbocycles. The number of methoxy groups -OCH3 is 1. The van der Waals surface area contributed by atoms with Gasteiger partial charge in [0.15, 0.2) is 16.9 Å². The van der Waals surface area contributed by atoms with Crippen LogP contribution in [-0.4, -0.2) is 35.6 Å². The molecule has 0 unspecified atom stereocenters. The quantitative estimate of drug-likeness (QED) is 0.391. The molecule has 3 aliphatic rings. The number of rotatable bonds is 4. The number of aliphatic hydroxyl groups is 1. The summed E-state index contributed by atoms with van der Waals surface area (Å²) in [6.45, 7) is 6.03. The Morgan fingerprint density at radius 3 is 2.43 bits per heavy atom. The smallest absolute Gasteiger partial charge is 0.314 e. The summed E-state index contributed by atoms with van der Waals surface area (Å²) in [5.74, 6) is -1.17. The van der Waals surface area contributed by atoms with Gasteiger partial charge >= 0.3 is 5.97 Å². The Morgan fingerprint density at radius 2 is 1.78 bits per heavy atom. The van der Waals surface area contributed by atoms with Gasteiger partial charge < -0.3 is 19.9 Å². The van der Waals surface area contributed by atoms with Crippen LogP contribution in [0.1, 0.15) is 39.3 Å². The van der Waals surface area contributed by atoms with E-state index >= 15 is 0 Å². The Labute approximate surface area is 221 Å². The van der Waals surface area contributed by atoms with Crippen molar-refractivity contribution in [3.05, 3.63) is 100 Å². The van der Waals surface area contributed by atoms with E-state index in [0.717, 1.165) is 33.4 Å². The first-order valence-corrected chi connectivity index (χ1v) is 12.9. The van der Waals surface area contributed by atoms with Gasteiger partial charge in [0, 0.05) is 11.5 Å². The fourth-order valence-corrected chi connectivity index (χ4v) is 7.17. The van der Waals surface area contributed by atoms with Gasteiger partial charge in [-0.3, -0.25) is 4.79 Å². The summed E-state index contributed by atoms with van der Waals surface area (Å²) < 4.78 is 12.5. The molecule has 6 rings (SSSR count). The lowest BCUT2D eigenvalue weighted by Gasteiger charge is -2.42. The molecule has 1 aliphatic carbocycles. The number of hydrogen-bond donors (Lipinski definition) is 2. The van der Waals surface area contributed by atoms with Crippen LogP contribution in [-0.2, 0) is 20.7 Å². The van der Waals surface area contributed by atoms with Gasteiger partial charge in [-0.2, -0.15) is 0 Å². The number of nitrogens with one attached hydrogen (secondary N) is 1. The summed E-state index contributed by atoms with van der Waals surface area (Å²) >= 11 is 6.33. The van der Waals surface area contributed by atoms with Crippen molar-refractivity contribution in [2.24, 2.45) is 10.9 Å². The fourth-order valence-electron chi connectivity index (χ4n) is 7.04. The zero-order chi connectivity index (χ0) is 26.2. The van der Waals surface area contributed by atoms with Gasteiger partial charge in [0.1, 0.15) is 17.5 Å². The maximum Gasteiger partial charge on any atom is 0.314 e. The van der Waals surface area contributed by atoms with Crippen molar-refractivity contribution >= 4 is 23.4 Å². The van der Waals surface area contributed by atoms with E-state index in [-0.39, 0.29) is 5.88 Å². The first-order chi connectivity index (χ1) is 17.7. The Morgan fingerprint density at radius 1 is 1.08 bits per heavy atom. The van der Waals surface area contributed by atoms with Crippen molar-refractivity contribution in [3.8, 4) is 5.75 Å². The Balaban J connectivity index is 1.81. The summed E-state index contributed by atoms with van der Waals surface area (Å²) in [7, 11) is 1.34. The third kappa shape index (κ3) is 2.85. The van der Waals surface area contributed by atoms with E-state index in [1.165, 1.54) is 7.11 Å². The summed E-state index contributed by atoms with van der Waals surface area (Å²) in [5.41, 5.74) is 0.870. The van der Waals surface area contributed by atoms with Crippen molar-refractivity contribution in [1.82, 2.24) is 5.32 Å². The van der Waals surface area contributed by atoms with Gasteiger partial charge in [-0.1, -0.05) is 66.2 Å². The van der Waals surface area contributed by atoms with Crippen LogP contribution >= 0.6 is 11.6 Å². The summed E-state index contributed by atoms with van der Waals surface area (Å²) in [4.78, 5) is 18.9. The minimum Gasteiger partial charge on any atom is -0.478 e. The molecule has 2 aliphatic heterocycles. The zero-order valence-electron chi connectivity index (χ0n) is 21.2. The molecule has 7 heteroatoms. The number of nitrogens with zero attached hydrogens (tertiary/aromatic N) is 1. The highest BCUT2D eigenvalue weighted by Gasteiger charge is 2.86. The molecule has 0 amide bonds. The third-order valence-corrected chi connectivity index (χ3v) is 8.50. The molecule has 1 spiro atoms. The molecule has 0 aromatic heterocycles. The van der Waals surface area contributed by atoms with E-state index < -0.39 is 34.7 Å². The summed E-state index contributed by atoms with van der Waals surface area (Å²) in [5, 5.41) is 16.0. The second kappa shape index (κ2) is 8.07. The highest BCUT2D eigenvalue weighted by atomic mass is 35.5. The number of carbonyl (C=O) groups is 1. The van der Waals surface area contributed by atoms with Crippen LogP contribution in [0, 0.1) is 26.7 Å². The molecule has 3 aromatic carbocycles. The predicted octanol–water partition coefficient (Wildman–Crippen LogP) is 4.61. The highest BCUT2D eigenvalue weighted by Crippen LogP contribution is 2.74. The van der Waals surface area contributed by atoms with E-state index in [9.17, 15) is 9.90 Å². The molecule has 0 saturated heterocycles. The lowest BCUT2D eigenvalue weighted by molar-refractivity contribution is -0.158. The van der Waals surface area contributed by atoms with Gasteiger partial charge in [-0.05, 0) is 49.1 Å². The third-order valence-electron chi connectivity index (χ3n) is 8.25. The van der Waals surface area contributed by atoms with Crippen LogP contribution in [0.25, 0.3) is 0 Å². The monoisotopic (exact) mass is 516 g/mol. The van der Waals surface area contributed by atoms with Crippen molar-refractivity contribution in [3.63, 3.8) is 0 Å². The SMILES string of the molecule is COC(=O)[C@@H]1[C@@H](c2ccccc2)[C@]2(c3ccc(C)cc3)Oc3cc(C)cc(C)c3[C@@]23N=C(CCl)N[C@@]13O. The number of alkyl halides is 1. The van der Waals surface area contributed by atoms with E-state index in [1.54, 1.807) is 0 Å². The van der Waals surface area contributed by atoms with Crippen LogP contribution in [0.3, 0.4) is 0 Å². The van der Waals surface area contributed by atoms with Crippen LogP contribution in [0.2, 0.25) is 0 Å². The van der Waals surface area contributed by atoms with Gasteiger partial charge in [0.25, 0.3) is 0 Å². The topological polar surface area (TPSA) is 80.2 Å². The first kappa shape index (κ1) is 24.0. The Kier molecular flexibility index (Phi) is 5.24. The maximum absolute atomic E-state index is 13.7. The molecule has 0 radical (unpaired) electrons. The van der Waals surface area contributed by atoms with Crippen LogP contribution in [0.4, 0.5) is 0 Å². The van der Waals surface area contributed by atoms with Crippen molar-refractivity contribution < 1.29 is 19.4 Å². The fraction of sp³-hybridized carbons (Fsp3) is 0.333. The number of fused-ring (bicyclic) bond motifs is 1. The molecule has 2 N–H and O–H groups in total. The number of esters is 1. The number of aryl methyl sites for hydroxylation is 3. The van der Waals surface area contributed by atoms with E-state index in [4.69, 9.17) is 26.1 Å². The number of ether oxygens (including phenoxy) is 2. The standard InChI is InChI=1S/C30H29ClN2O4/c1-17-10-12-21(13-11-17)28-25(20-8-6-5-7-9-20)26(27(34)36-4)30(35)29(28,32-23(16-31)33-30)24-19(3)14-18(2)15-22(24)37-28/h5-15,25-26,35H,16H2,1-4H3,(H,32,33)/t25-,26+,28+,29-,30-/m1/s1. The summed E-state index contributed by atoms with van der Waals surface area (Å²) in [6, 6.07) is 21.8.